The molecular formula is C96H166N8O33S2. The highest BCUT2D eigenvalue weighted by Crippen LogP contribution is 2.40. The highest BCUT2D eigenvalue weighted by atomic mass is 33.1. The topological polar surface area (TPSA) is 544 Å². The number of benzene rings is 1. The fourth-order valence-corrected chi connectivity index (χ4v) is 16.2. The number of aliphatic carboxylic acids is 1. The summed E-state index contributed by atoms with van der Waals surface area (Å²) in [7, 11) is 17.3. The fourth-order valence-electron chi connectivity index (χ4n) is 14.4. The van der Waals surface area contributed by atoms with Gasteiger partial charge in [-0.25, -0.2) is 14.6 Å². The number of carboxylic acid groups (broad SMARTS) is 1. The Hall–Kier alpha value is -7.93. The number of aliphatic hydroxyl groups excluding tert-OH is 5. The Balaban J connectivity index is 0.00000257. The number of hydrogen-bond acceptors (Lipinski definition) is 36. The molecule has 11 N–H and O–H groups in total. The first kappa shape index (κ1) is 131. The minimum absolute atomic E-state index is 0.00955. The number of rotatable bonds is 71. The molecule has 3 rings (SSSR count). The van der Waals surface area contributed by atoms with Crippen molar-refractivity contribution >= 4 is 92.8 Å². The Labute approximate surface area is 829 Å². The number of ketones is 1. The number of carboxylic acids is 1. The Morgan fingerprint density at radius 3 is 1.51 bits per heavy atom. The summed E-state index contributed by atoms with van der Waals surface area (Å²) in [5, 5.41) is 68.2. The lowest BCUT2D eigenvalue weighted by Gasteiger charge is -2.40. The minimum Gasteiger partial charge on any atom is -0.481 e. The summed E-state index contributed by atoms with van der Waals surface area (Å²) in [5.74, 6) is -5.88. The molecule has 0 aliphatic heterocycles. The van der Waals surface area contributed by atoms with E-state index in [0.717, 1.165) is 22.8 Å². The molecule has 0 spiro atoms. The van der Waals surface area contributed by atoms with Crippen molar-refractivity contribution in [1.29, 1.82) is 0 Å². The number of nitrogens with one attached hydrogen (secondary N) is 5. The molecule has 19 atom stereocenters. The highest BCUT2D eigenvalue weighted by molar-refractivity contribution is 8.76. The monoisotopic (exact) mass is 2020 g/mol. The summed E-state index contributed by atoms with van der Waals surface area (Å²) in [6.45, 7) is 21.7. The van der Waals surface area contributed by atoms with Gasteiger partial charge in [0.1, 0.15) is 55.4 Å². The molecule has 800 valence electrons. The van der Waals surface area contributed by atoms with Crippen molar-refractivity contribution in [1.82, 2.24) is 41.4 Å². The Kier molecular flexibility index (Phi) is 74.1. The molecule has 43 heteroatoms. The van der Waals surface area contributed by atoms with Crippen molar-refractivity contribution in [3.8, 4) is 0 Å². The number of hydrogen-bond donors (Lipinski definition) is 11. The van der Waals surface area contributed by atoms with E-state index in [0.29, 0.717) is 51.5 Å². The van der Waals surface area contributed by atoms with Crippen molar-refractivity contribution < 1.29 is 159 Å². The van der Waals surface area contributed by atoms with Gasteiger partial charge in [0, 0.05) is 119 Å². The van der Waals surface area contributed by atoms with E-state index in [9.17, 15) is 62.6 Å². The predicted molar refractivity (Wildman–Crippen MR) is 519 cm³/mol. The van der Waals surface area contributed by atoms with Crippen molar-refractivity contribution in [3.63, 3.8) is 0 Å². The first-order valence-corrected chi connectivity index (χ1v) is 50.1. The maximum absolute atomic E-state index is 14.6. The largest absolute Gasteiger partial charge is 0.508 e. The molecule has 1 aliphatic carbocycles. The lowest BCUT2D eigenvalue weighted by Crippen LogP contribution is -2.59. The average molecular weight is 2020 g/mol. The first-order valence-electron chi connectivity index (χ1n) is 47.8. The maximum atomic E-state index is 14.6. The van der Waals surface area contributed by atoms with Gasteiger partial charge in [-0.2, -0.15) is 0 Å². The highest BCUT2D eigenvalue weighted by Gasteiger charge is 2.46. The van der Waals surface area contributed by atoms with E-state index in [4.69, 9.17) is 96.6 Å². The molecule has 2 aromatic rings. The van der Waals surface area contributed by atoms with Crippen LogP contribution in [0.2, 0.25) is 0 Å². The van der Waals surface area contributed by atoms with Gasteiger partial charge < -0.3 is 133 Å². The molecule has 6 amide bonds. The van der Waals surface area contributed by atoms with Crippen molar-refractivity contribution in [3.05, 3.63) is 60.3 Å². The number of aliphatic hydroxyl groups is 5. The molecule has 1 fully saturated rings. The Morgan fingerprint density at radius 1 is 0.511 bits per heavy atom. The molecule has 1 saturated carbocycles. The second kappa shape index (κ2) is 78.6. The third kappa shape index (κ3) is 56.1. The first-order chi connectivity index (χ1) is 66.3. The van der Waals surface area contributed by atoms with Crippen LogP contribution in [0.5, 0.6) is 0 Å². The smallest absolute Gasteiger partial charge is 0.481 e. The van der Waals surface area contributed by atoms with Gasteiger partial charge >= 0.3 is 30.0 Å². The number of carbonyl (C=O) groups excluding carboxylic acids is 11. The molecule has 1 heterocycles. The number of pyridine rings is 1. The van der Waals surface area contributed by atoms with E-state index in [1.54, 1.807) is 53.8 Å². The van der Waals surface area contributed by atoms with Crippen LogP contribution in [0, 0.1) is 35.5 Å². The number of methoxy groups -OCH3 is 6. The lowest BCUT2D eigenvalue weighted by atomic mass is 9.79. The summed E-state index contributed by atoms with van der Waals surface area (Å²) in [4.78, 5) is 161. The number of carbonyl (C=O) groups is 12. The number of ether oxygens (including phenoxy) is 15. The second-order valence-electron chi connectivity index (χ2n) is 34.0. The Morgan fingerprint density at radius 2 is 1.04 bits per heavy atom. The summed E-state index contributed by atoms with van der Waals surface area (Å²) < 4.78 is 78.6. The molecule has 0 bridgehead atoms. The molecule has 10 unspecified atom stereocenters. The molecule has 1 aromatic carbocycles. The van der Waals surface area contributed by atoms with Gasteiger partial charge in [-0.05, 0) is 131 Å². The summed E-state index contributed by atoms with van der Waals surface area (Å²) in [6, 6.07) is 11.2. The third-order valence-corrected chi connectivity index (χ3v) is 24.9. The van der Waals surface area contributed by atoms with E-state index in [2.05, 4.69) is 31.6 Å². The van der Waals surface area contributed by atoms with Gasteiger partial charge in [0.15, 0.2) is 25.2 Å². The Bertz CT molecular complexity index is 3650. The van der Waals surface area contributed by atoms with Gasteiger partial charge in [-0.1, -0.05) is 136 Å². The van der Waals surface area contributed by atoms with E-state index < -0.39 is 139 Å². The standard InChI is InChI=1S/C59H100N6O15.C18H28N2O7S2.C12H22O7.C7H16O4/c1-16-38(7)53(65(12)58(73)51(36(3)4)63-57(72)52(37(5)6)64(10)11)47(75-13)33-46(67)43-26-21-27-44(43)54(77-15)39(8)55(70)62-45(32-41-24-19-18-20-25-41)56(71)60-30-23-31-78-59(74)40(9)61-48(68)28-22-29-49(69)79-35-50(76-14)80-42(17-2)34-66;1-3-14(12-21)27-17(24-2)13-26-18(23)25-10-7-15(22)19-9-11-28-29-16-6-4-5-8-20-16;1-3-9(7-13)19-12(17-2)8-18-11(16)6-4-5-10(14)15;1-3-6(4-8)11-7(5-9)10-2/h18-20,24-25,36-40,42-45,47,50-54,66H,16-17,21-23,26-35H2,1-15H3,(H,60,71)(H,61,68)(H,62,70)(H,63,72);4-6,8,14,17,21H,3,7,9-13H2,1-2H3,(H,19,22);9,12-13H,3-8H2,1-2H3,(H,14,15);6-9H,3-5H2,1-2H3/t38-,39+,40?,42?,43?,44+,45-,47+,50?,51-,52-,53-,54+;;;/m0.../s1. The van der Waals surface area contributed by atoms with Crippen LogP contribution in [0.15, 0.2) is 59.8 Å². The lowest BCUT2D eigenvalue weighted by molar-refractivity contribution is -0.194. The van der Waals surface area contributed by atoms with E-state index in [1.165, 1.54) is 42.5 Å². The van der Waals surface area contributed by atoms with Crippen molar-refractivity contribution in [2.45, 2.75) is 296 Å². The van der Waals surface area contributed by atoms with Gasteiger partial charge in [0.2, 0.25) is 35.4 Å². The molecule has 41 nitrogen and oxygen atoms in total. The number of amides is 6. The van der Waals surface area contributed by atoms with Gasteiger partial charge in [0.25, 0.3) is 0 Å². The van der Waals surface area contributed by atoms with Crippen LogP contribution in [-0.2, 0) is 130 Å². The van der Waals surface area contributed by atoms with Crippen LogP contribution in [0.1, 0.15) is 198 Å². The number of Topliss-reactive ketones (excluding diaryl/α,β-unsaturated/α-hetero) is 1. The molecule has 139 heavy (non-hydrogen) atoms. The summed E-state index contributed by atoms with van der Waals surface area (Å²) >= 11 is 0. The molecule has 0 radical (unpaired) electrons. The van der Waals surface area contributed by atoms with Crippen molar-refractivity contribution in [2.75, 3.05) is 149 Å². The van der Waals surface area contributed by atoms with E-state index in [-0.39, 0.29) is 196 Å². The molecule has 0 saturated heterocycles. The number of nitrogens with zero attached hydrogens (tertiary/aromatic N) is 3. The van der Waals surface area contributed by atoms with Crippen LogP contribution in [0.3, 0.4) is 0 Å². The number of likely N-dealkylation sites (N-methyl/N-ethyl adjacent to an activating group) is 2. The minimum atomic E-state index is -0.986. The van der Waals surface area contributed by atoms with E-state index in [1.807, 2.05) is 137 Å². The van der Waals surface area contributed by atoms with Crippen LogP contribution >= 0.6 is 21.6 Å². The van der Waals surface area contributed by atoms with Crippen LogP contribution in [0.25, 0.3) is 0 Å². The number of aromatic nitrogens is 1. The molecular weight excluding hydrogens is 1860 g/mol. The summed E-state index contributed by atoms with van der Waals surface area (Å²) in [6.07, 6.45) is 0.893. The summed E-state index contributed by atoms with van der Waals surface area (Å²) in [5.41, 5.74) is 0.810. The van der Waals surface area contributed by atoms with Crippen LogP contribution in [0.4, 0.5) is 4.79 Å². The quantitative estimate of drug-likeness (QED) is 0.0105. The third-order valence-electron chi connectivity index (χ3n) is 22.6. The predicted octanol–water partition coefficient (Wildman–Crippen LogP) is 6.91. The fraction of sp³-hybridized carbons (Fsp3) is 0.760. The number of esters is 3. The maximum Gasteiger partial charge on any atom is 0.508 e. The zero-order valence-electron chi connectivity index (χ0n) is 85.6. The van der Waals surface area contributed by atoms with Gasteiger partial charge in [-0.3, -0.25) is 52.8 Å². The second-order valence-corrected chi connectivity index (χ2v) is 36.4. The molecule has 1 aliphatic rings. The zero-order valence-corrected chi connectivity index (χ0v) is 87.2. The van der Waals surface area contributed by atoms with Crippen LogP contribution in [-0.4, -0.2) is 357 Å². The van der Waals surface area contributed by atoms with Crippen molar-refractivity contribution in [2.24, 2.45) is 35.5 Å². The van der Waals surface area contributed by atoms with Gasteiger partial charge in [-0.15, -0.1) is 0 Å². The van der Waals surface area contributed by atoms with Gasteiger partial charge in [0.05, 0.1) is 101 Å². The molecule has 1 aromatic heterocycles. The van der Waals surface area contributed by atoms with E-state index >= 15 is 0 Å². The SMILES string of the molecule is CCC(CO)OC(CO)OC.CCC(CO)OC(COC(=O)CCCC(=O)NC(C)C(=O)OCCCNC(=O)[C@H](Cc1ccccc1)NC(=O)[C@H](C)[C@@H](OC)[C@@H]1CCCC1C(=O)C[C@@H](OC)[C@H]([C@@H](C)CC)N(C)C(=O)[C@@H](NC(=O)[C@H](C(C)C)N(C)C)C(C)C)OC.CCC(CO)OC(COC(=O)CCCC(=O)O)OC.CCC(CO)OC(COC(=O)OCCC(=O)NCCSSc1ccccn1)OC. The zero-order chi connectivity index (χ0) is 105. The van der Waals surface area contributed by atoms with Crippen LogP contribution < -0.4 is 26.6 Å². The average Bonchev–Trinajstić information content (AvgIpc) is 1.74. The normalized spacial score (nSPS) is 16.6.